The molecule has 2 N–H and O–H groups in total. The average molecular weight is 230 g/mol. The predicted octanol–water partition coefficient (Wildman–Crippen LogP) is 1.28. The Morgan fingerprint density at radius 3 is 2.25 bits per heavy atom. The zero-order chi connectivity index (χ0) is 12.6. The van der Waals surface area contributed by atoms with E-state index in [1.54, 1.807) is 13.8 Å². The summed E-state index contributed by atoms with van der Waals surface area (Å²) in [6.45, 7) is 8.54. The summed E-state index contributed by atoms with van der Waals surface area (Å²) >= 11 is 0. The molecule has 0 fully saturated rings. The molecular weight excluding hydrogens is 208 g/mol. The van der Waals surface area contributed by atoms with Crippen LogP contribution in [-0.2, 0) is 9.53 Å². The zero-order valence-electron chi connectivity index (χ0n) is 10.5. The van der Waals surface area contributed by atoms with Crippen LogP contribution in [0.1, 0.15) is 34.1 Å². The Labute approximate surface area is 96.9 Å². The molecule has 2 amide bonds. The lowest BCUT2D eigenvalue weighted by molar-refractivity contribution is -0.147. The lowest BCUT2D eigenvalue weighted by Crippen LogP contribution is -2.38. The highest BCUT2D eigenvalue weighted by atomic mass is 16.5. The van der Waals surface area contributed by atoms with Crippen molar-refractivity contribution in [1.82, 2.24) is 10.6 Å². The van der Waals surface area contributed by atoms with E-state index in [2.05, 4.69) is 10.6 Å². The molecule has 0 aliphatic rings. The minimum Gasteiger partial charge on any atom is -0.463 e. The van der Waals surface area contributed by atoms with E-state index in [4.69, 9.17) is 4.74 Å². The van der Waals surface area contributed by atoms with E-state index in [1.165, 1.54) is 0 Å². The summed E-state index contributed by atoms with van der Waals surface area (Å²) in [6.07, 6.45) is 0.0927. The predicted molar refractivity (Wildman–Crippen MR) is 62.1 cm³/mol. The highest BCUT2D eigenvalue weighted by Crippen LogP contribution is 1.92. The summed E-state index contributed by atoms with van der Waals surface area (Å²) in [7, 11) is 0. The fraction of sp³-hybridized carbons (Fsp3) is 0.818. The number of rotatable bonds is 6. The van der Waals surface area contributed by atoms with Gasteiger partial charge in [-0.15, -0.1) is 0 Å². The van der Waals surface area contributed by atoms with E-state index >= 15 is 0 Å². The van der Waals surface area contributed by atoms with Crippen molar-refractivity contribution >= 4 is 12.0 Å². The molecule has 0 radical (unpaired) electrons. The summed E-state index contributed by atoms with van der Waals surface area (Å²) in [6, 6.07) is -0.244. The van der Waals surface area contributed by atoms with Gasteiger partial charge in [-0.3, -0.25) is 4.79 Å². The smallest absolute Gasteiger partial charge is 0.314 e. The largest absolute Gasteiger partial charge is 0.463 e. The van der Waals surface area contributed by atoms with Crippen molar-refractivity contribution in [1.29, 1.82) is 0 Å². The Hall–Kier alpha value is -1.26. The van der Waals surface area contributed by atoms with Crippen LogP contribution in [0.15, 0.2) is 0 Å². The first-order chi connectivity index (χ1) is 7.41. The summed E-state index contributed by atoms with van der Waals surface area (Å²) < 4.78 is 4.92. The van der Waals surface area contributed by atoms with Gasteiger partial charge in [0.1, 0.15) is 0 Å². The first-order valence-electron chi connectivity index (χ1n) is 5.63. The summed E-state index contributed by atoms with van der Waals surface area (Å²) in [4.78, 5) is 22.3. The SMILES string of the molecule is CC(C)CNC(=O)NCCC(=O)OC(C)C. The molecule has 0 aromatic heterocycles. The molecule has 0 saturated carbocycles. The Kier molecular flexibility index (Phi) is 7.33. The van der Waals surface area contributed by atoms with Crippen molar-refractivity contribution in [2.45, 2.75) is 40.2 Å². The highest BCUT2D eigenvalue weighted by molar-refractivity contribution is 5.75. The fourth-order valence-corrected chi connectivity index (χ4v) is 0.959. The van der Waals surface area contributed by atoms with Crippen molar-refractivity contribution in [3.05, 3.63) is 0 Å². The van der Waals surface area contributed by atoms with Crippen LogP contribution in [0.25, 0.3) is 0 Å². The Morgan fingerprint density at radius 2 is 1.75 bits per heavy atom. The molecule has 0 unspecified atom stereocenters. The molecule has 5 heteroatoms. The van der Waals surface area contributed by atoms with E-state index in [1.807, 2.05) is 13.8 Å². The second-order valence-corrected chi connectivity index (χ2v) is 4.32. The third kappa shape index (κ3) is 9.30. The molecule has 0 saturated heterocycles. The molecular formula is C11H22N2O3. The van der Waals surface area contributed by atoms with Crippen LogP contribution in [0.3, 0.4) is 0 Å². The molecule has 0 atom stereocenters. The van der Waals surface area contributed by atoms with Gasteiger partial charge in [0.25, 0.3) is 0 Å². The van der Waals surface area contributed by atoms with E-state index in [-0.39, 0.29) is 24.5 Å². The lowest BCUT2D eigenvalue weighted by Gasteiger charge is -2.10. The maximum atomic E-state index is 11.2. The zero-order valence-corrected chi connectivity index (χ0v) is 10.5. The Morgan fingerprint density at radius 1 is 1.12 bits per heavy atom. The van der Waals surface area contributed by atoms with Crippen LogP contribution in [0.5, 0.6) is 0 Å². The number of amides is 2. The van der Waals surface area contributed by atoms with Crippen LogP contribution in [0.4, 0.5) is 4.79 Å². The molecule has 0 aromatic carbocycles. The molecule has 16 heavy (non-hydrogen) atoms. The summed E-state index contributed by atoms with van der Waals surface area (Å²) in [5.74, 6) is 0.121. The van der Waals surface area contributed by atoms with Crippen molar-refractivity contribution in [3.8, 4) is 0 Å². The number of urea groups is 1. The number of esters is 1. The maximum absolute atomic E-state index is 11.2. The molecule has 0 spiro atoms. The molecule has 0 aromatic rings. The van der Waals surface area contributed by atoms with E-state index < -0.39 is 0 Å². The van der Waals surface area contributed by atoms with Gasteiger partial charge in [-0.1, -0.05) is 13.8 Å². The molecule has 0 aliphatic carbocycles. The van der Waals surface area contributed by atoms with Gasteiger partial charge in [0.05, 0.1) is 12.5 Å². The molecule has 0 bridgehead atoms. The van der Waals surface area contributed by atoms with E-state index in [0.29, 0.717) is 19.0 Å². The van der Waals surface area contributed by atoms with Crippen LogP contribution in [0.2, 0.25) is 0 Å². The average Bonchev–Trinajstić information content (AvgIpc) is 2.13. The summed E-state index contributed by atoms with van der Waals surface area (Å²) in [5.41, 5.74) is 0. The maximum Gasteiger partial charge on any atom is 0.314 e. The van der Waals surface area contributed by atoms with Gasteiger partial charge in [-0.25, -0.2) is 4.79 Å². The minimum atomic E-state index is -0.292. The molecule has 0 heterocycles. The van der Waals surface area contributed by atoms with Gasteiger partial charge in [0, 0.05) is 13.1 Å². The molecule has 94 valence electrons. The van der Waals surface area contributed by atoms with Gasteiger partial charge in [0.15, 0.2) is 0 Å². The second kappa shape index (κ2) is 7.96. The first kappa shape index (κ1) is 14.7. The van der Waals surface area contributed by atoms with Crippen molar-refractivity contribution in [2.75, 3.05) is 13.1 Å². The lowest BCUT2D eigenvalue weighted by atomic mass is 10.2. The number of hydrogen-bond acceptors (Lipinski definition) is 3. The monoisotopic (exact) mass is 230 g/mol. The Balaban J connectivity index is 3.50. The third-order valence-corrected chi connectivity index (χ3v) is 1.65. The summed E-state index contributed by atoms with van der Waals surface area (Å²) in [5, 5.41) is 5.29. The standard InChI is InChI=1S/C11H22N2O3/c1-8(2)7-13-11(15)12-6-5-10(14)16-9(3)4/h8-9H,5-7H2,1-4H3,(H2,12,13,15). The van der Waals surface area contributed by atoms with Crippen LogP contribution >= 0.6 is 0 Å². The van der Waals surface area contributed by atoms with Crippen LogP contribution < -0.4 is 10.6 Å². The van der Waals surface area contributed by atoms with Gasteiger partial charge in [-0.05, 0) is 19.8 Å². The van der Waals surface area contributed by atoms with E-state index in [0.717, 1.165) is 0 Å². The number of ether oxygens (including phenoxy) is 1. The topological polar surface area (TPSA) is 67.4 Å². The number of carbonyl (C=O) groups excluding carboxylic acids is 2. The molecule has 0 aliphatic heterocycles. The first-order valence-corrected chi connectivity index (χ1v) is 5.63. The van der Waals surface area contributed by atoms with Crippen LogP contribution in [0, 0.1) is 5.92 Å². The molecule has 0 rings (SSSR count). The van der Waals surface area contributed by atoms with Gasteiger partial charge >= 0.3 is 12.0 Å². The van der Waals surface area contributed by atoms with E-state index in [9.17, 15) is 9.59 Å². The quantitative estimate of drug-likeness (QED) is 0.675. The third-order valence-electron chi connectivity index (χ3n) is 1.65. The van der Waals surface area contributed by atoms with Gasteiger partial charge in [0.2, 0.25) is 0 Å². The van der Waals surface area contributed by atoms with Crippen LogP contribution in [-0.4, -0.2) is 31.2 Å². The minimum absolute atomic E-state index is 0.109. The van der Waals surface area contributed by atoms with Gasteiger partial charge in [-0.2, -0.15) is 0 Å². The van der Waals surface area contributed by atoms with Gasteiger partial charge < -0.3 is 15.4 Å². The number of carbonyl (C=O) groups is 2. The highest BCUT2D eigenvalue weighted by Gasteiger charge is 2.06. The number of nitrogens with one attached hydrogen (secondary N) is 2. The Bertz CT molecular complexity index is 227. The fourth-order valence-electron chi connectivity index (χ4n) is 0.959. The van der Waals surface area contributed by atoms with Crippen molar-refractivity contribution in [3.63, 3.8) is 0 Å². The molecule has 5 nitrogen and oxygen atoms in total. The van der Waals surface area contributed by atoms with Crippen molar-refractivity contribution < 1.29 is 14.3 Å². The van der Waals surface area contributed by atoms with Crippen molar-refractivity contribution in [2.24, 2.45) is 5.92 Å². The second-order valence-electron chi connectivity index (χ2n) is 4.32. The number of hydrogen-bond donors (Lipinski definition) is 2. The normalized spacial score (nSPS) is 10.4.